The van der Waals surface area contributed by atoms with Crippen molar-refractivity contribution in [2.75, 3.05) is 0 Å². The largest absolute Gasteiger partial charge is 0.479 e. The van der Waals surface area contributed by atoms with Crippen molar-refractivity contribution in [1.29, 1.82) is 0 Å². The van der Waals surface area contributed by atoms with E-state index >= 15 is 0 Å². The molecule has 3 atom stereocenters. The Labute approximate surface area is 111 Å². The number of carboxylic acid groups (broad SMARTS) is 1. The predicted molar refractivity (Wildman–Crippen MR) is 68.5 cm³/mol. The highest BCUT2D eigenvalue weighted by Gasteiger charge is 2.31. The van der Waals surface area contributed by atoms with Gasteiger partial charge in [0.15, 0.2) is 6.04 Å². The number of aliphatic carboxylic acids is 1. The highest BCUT2D eigenvalue weighted by molar-refractivity contribution is 5.87. The molecule has 1 amide bonds. The summed E-state index contributed by atoms with van der Waals surface area (Å²) in [6, 6.07) is 7.60. The van der Waals surface area contributed by atoms with E-state index in [1.807, 2.05) is 6.92 Å². The van der Waals surface area contributed by atoms with E-state index in [0.29, 0.717) is 12.0 Å². The highest BCUT2D eigenvalue weighted by atomic mass is 16.5. The zero-order valence-corrected chi connectivity index (χ0v) is 10.7. The molecule has 2 N–H and O–H groups in total. The second kappa shape index (κ2) is 5.84. The van der Waals surface area contributed by atoms with Crippen molar-refractivity contribution in [1.82, 2.24) is 5.32 Å². The van der Waals surface area contributed by atoms with Crippen molar-refractivity contribution in [3.8, 4) is 0 Å². The summed E-state index contributed by atoms with van der Waals surface area (Å²) in [6.07, 6.45) is 0.964. The third kappa shape index (κ3) is 3.32. The first kappa shape index (κ1) is 13.5. The molecule has 0 aromatic heterocycles. The number of ether oxygens (including phenoxy) is 1. The Morgan fingerprint density at radius 1 is 1.32 bits per heavy atom. The third-order valence-electron chi connectivity index (χ3n) is 3.19. The number of amides is 1. The maximum atomic E-state index is 12.0. The van der Waals surface area contributed by atoms with Crippen LogP contribution in [0.2, 0.25) is 0 Å². The van der Waals surface area contributed by atoms with Crippen LogP contribution in [0.25, 0.3) is 0 Å². The SMILES string of the molecule is C[C@@H]1CC[C@H](C(=O)N[C@@H](C(=O)O)c2ccccc2)O1. The fourth-order valence-electron chi connectivity index (χ4n) is 2.16. The smallest absolute Gasteiger partial charge is 0.330 e. The first-order valence-corrected chi connectivity index (χ1v) is 6.31. The molecule has 1 saturated heterocycles. The van der Waals surface area contributed by atoms with Gasteiger partial charge in [0.2, 0.25) is 5.91 Å². The van der Waals surface area contributed by atoms with Gasteiger partial charge in [-0.05, 0) is 25.3 Å². The molecule has 1 heterocycles. The Hall–Kier alpha value is -1.88. The lowest BCUT2D eigenvalue weighted by Gasteiger charge is -2.17. The molecule has 1 aromatic rings. The van der Waals surface area contributed by atoms with E-state index in [1.54, 1.807) is 30.3 Å². The van der Waals surface area contributed by atoms with Crippen LogP contribution in [0.5, 0.6) is 0 Å². The van der Waals surface area contributed by atoms with E-state index in [2.05, 4.69) is 5.32 Å². The Balaban J connectivity index is 2.05. The van der Waals surface area contributed by atoms with Crippen LogP contribution in [0.15, 0.2) is 30.3 Å². The molecule has 1 aromatic carbocycles. The van der Waals surface area contributed by atoms with Crippen LogP contribution >= 0.6 is 0 Å². The van der Waals surface area contributed by atoms with Crippen molar-refractivity contribution in [2.45, 2.75) is 38.0 Å². The molecular formula is C14H17NO4. The van der Waals surface area contributed by atoms with Gasteiger partial charge in [-0.15, -0.1) is 0 Å². The maximum absolute atomic E-state index is 12.0. The van der Waals surface area contributed by atoms with Crippen LogP contribution in [0.1, 0.15) is 31.4 Å². The quantitative estimate of drug-likeness (QED) is 0.863. The van der Waals surface area contributed by atoms with Crippen LogP contribution in [0.3, 0.4) is 0 Å². The molecule has 0 spiro atoms. The second-order valence-electron chi connectivity index (χ2n) is 4.70. The van der Waals surface area contributed by atoms with Crippen molar-refractivity contribution in [2.24, 2.45) is 0 Å². The second-order valence-corrected chi connectivity index (χ2v) is 4.70. The fraction of sp³-hybridized carbons (Fsp3) is 0.429. The van der Waals surface area contributed by atoms with Gasteiger partial charge < -0.3 is 15.2 Å². The molecule has 0 saturated carbocycles. The first-order valence-electron chi connectivity index (χ1n) is 6.31. The van der Waals surface area contributed by atoms with Crippen LogP contribution < -0.4 is 5.32 Å². The van der Waals surface area contributed by atoms with Gasteiger partial charge in [-0.3, -0.25) is 4.79 Å². The molecule has 1 aliphatic rings. The normalized spacial score (nSPS) is 23.8. The van der Waals surface area contributed by atoms with E-state index in [4.69, 9.17) is 4.74 Å². The minimum atomic E-state index is -1.08. The molecule has 0 aliphatic carbocycles. The first-order chi connectivity index (χ1) is 9.08. The summed E-state index contributed by atoms with van der Waals surface area (Å²) in [6.45, 7) is 1.90. The molecule has 0 radical (unpaired) electrons. The third-order valence-corrected chi connectivity index (χ3v) is 3.19. The number of nitrogens with one attached hydrogen (secondary N) is 1. The molecule has 1 fully saturated rings. The summed E-state index contributed by atoms with van der Waals surface area (Å²) in [7, 11) is 0. The monoisotopic (exact) mass is 263 g/mol. The van der Waals surface area contributed by atoms with Crippen LogP contribution in [-0.4, -0.2) is 29.2 Å². The number of carbonyl (C=O) groups is 2. The minimum absolute atomic E-state index is 0.0516. The highest BCUT2D eigenvalue weighted by Crippen LogP contribution is 2.20. The Kier molecular flexibility index (Phi) is 4.16. The summed E-state index contributed by atoms with van der Waals surface area (Å²) in [5.41, 5.74) is 0.550. The maximum Gasteiger partial charge on any atom is 0.330 e. The fourth-order valence-corrected chi connectivity index (χ4v) is 2.16. The summed E-state index contributed by atoms with van der Waals surface area (Å²) in [5, 5.41) is 11.7. The number of benzene rings is 1. The van der Waals surface area contributed by atoms with Crippen molar-refractivity contribution in [3.05, 3.63) is 35.9 Å². The molecule has 19 heavy (non-hydrogen) atoms. The van der Waals surface area contributed by atoms with Gasteiger partial charge in [0.25, 0.3) is 0 Å². The molecular weight excluding hydrogens is 246 g/mol. The molecule has 1 aliphatic heterocycles. The zero-order valence-electron chi connectivity index (χ0n) is 10.7. The van der Waals surface area contributed by atoms with Gasteiger partial charge in [0, 0.05) is 0 Å². The summed E-state index contributed by atoms with van der Waals surface area (Å²) >= 11 is 0. The standard InChI is InChI=1S/C14H17NO4/c1-9-7-8-11(19-9)13(16)15-12(14(17)18)10-5-3-2-4-6-10/h2-6,9,11-12H,7-8H2,1H3,(H,15,16)(H,17,18)/t9-,11-,12-/m1/s1. The summed E-state index contributed by atoms with van der Waals surface area (Å²) < 4.78 is 5.43. The summed E-state index contributed by atoms with van der Waals surface area (Å²) in [4.78, 5) is 23.2. The van der Waals surface area contributed by atoms with E-state index in [0.717, 1.165) is 6.42 Å². The Morgan fingerprint density at radius 2 is 2.00 bits per heavy atom. The molecule has 102 valence electrons. The number of carboxylic acids is 1. The lowest BCUT2D eigenvalue weighted by atomic mass is 10.1. The van der Waals surface area contributed by atoms with Gasteiger partial charge >= 0.3 is 5.97 Å². The van der Waals surface area contributed by atoms with Crippen molar-refractivity contribution >= 4 is 11.9 Å². The lowest BCUT2D eigenvalue weighted by molar-refractivity contribution is -0.144. The number of hydrogen-bond acceptors (Lipinski definition) is 3. The van der Waals surface area contributed by atoms with Gasteiger partial charge in [-0.1, -0.05) is 30.3 Å². The van der Waals surface area contributed by atoms with Crippen molar-refractivity contribution in [3.63, 3.8) is 0 Å². The molecule has 5 heteroatoms. The van der Waals surface area contributed by atoms with Crippen LogP contribution in [0, 0.1) is 0 Å². The topological polar surface area (TPSA) is 75.6 Å². The Morgan fingerprint density at radius 3 is 2.53 bits per heavy atom. The Bertz CT molecular complexity index is 460. The van der Waals surface area contributed by atoms with Gasteiger partial charge in [0.1, 0.15) is 6.10 Å². The molecule has 2 rings (SSSR count). The van der Waals surface area contributed by atoms with Crippen LogP contribution in [0.4, 0.5) is 0 Å². The van der Waals surface area contributed by atoms with Gasteiger partial charge in [-0.25, -0.2) is 4.79 Å². The zero-order chi connectivity index (χ0) is 13.8. The number of carbonyl (C=O) groups excluding carboxylic acids is 1. The predicted octanol–water partition coefficient (Wildman–Crippen LogP) is 1.50. The molecule has 0 unspecified atom stereocenters. The van der Waals surface area contributed by atoms with E-state index in [9.17, 15) is 14.7 Å². The van der Waals surface area contributed by atoms with Crippen molar-refractivity contribution < 1.29 is 19.4 Å². The average molecular weight is 263 g/mol. The lowest BCUT2D eigenvalue weighted by Crippen LogP contribution is -2.40. The molecule has 5 nitrogen and oxygen atoms in total. The van der Waals surface area contributed by atoms with E-state index in [1.165, 1.54) is 0 Å². The van der Waals surface area contributed by atoms with Gasteiger partial charge in [0.05, 0.1) is 6.10 Å². The van der Waals surface area contributed by atoms with E-state index < -0.39 is 18.1 Å². The van der Waals surface area contributed by atoms with E-state index in [-0.39, 0.29) is 12.0 Å². The van der Waals surface area contributed by atoms with Crippen LogP contribution in [-0.2, 0) is 14.3 Å². The number of hydrogen-bond donors (Lipinski definition) is 2. The number of rotatable bonds is 4. The van der Waals surface area contributed by atoms with Gasteiger partial charge in [-0.2, -0.15) is 0 Å². The molecule has 0 bridgehead atoms. The minimum Gasteiger partial charge on any atom is -0.479 e. The summed E-state index contributed by atoms with van der Waals surface area (Å²) in [5.74, 6) is -1.44. The average Bonchev–Trinajstić information content (AvgIpc) is 2.83.